The molecule has 0 aromatic carbocycles. The summed E-state index contributed by atoms with van der Waals surface area (Å²) >= 11 is 0. The summed E-state index contributed by atoms with van der Waals surface area (Å²) in [4.78, 5) is 4.24. The molecule has 5 nitrogen and oxygen atoms in total. The van der Waals surface area contributed by atoms with Gasteiger partial charge in [0.15, 0.2) is 0 Å². The number of nitrogens with one attached hydrogen (secondary N) is 2. The predicted molar refractivity (Wildman–Crippen MR) is 64.0 cm³/mol. The van der Waals surface area contributed by atoms with Gasteiger partial charge in [0.25, 0.3) is 0 Å². The molecule has 2 rings (SSSR count). The van der Waals surface area contributed by atoms with Gasteiger partial charge in [0.1, 0.15) is 5.82 Å². The molecular weight excluding hydrogens is 202 g/mol. The SMILES string of the molecule is Cc1cnc(NCc2cn[nH]c2C)c(N)c1. The number of aromatic nitrogens is 3. The minimum Gasteiger partial charge on any atom is -0.396 e. The third-order valence-corrected chi connectivity index (χ3v) is 2.43. The molecule has 0 aliphatic carbocycles. The Balaban J connectivity index is 2.08. The van der Waals surface area contributed by atoms with E-state index in [1.165, 1.54) is 0 Å². The fourth-order valence-corrected chi connectivity index (χ4v) is 1.47. The van der Waals surface area contributed by atoms with E-state index in [2.05, 4.69) is 20.5 Å². The lowest BCUT2D eigenvalue weighted by Crippen LogP contribution is -2.05. The van der Waals surface area contributed by atoms with Crippen molar-refractivity contribution in [3.8, 4) is 0 Å². The van der Waals surface area contributed by atoms with Gasteiger partial charge in [-0.15, -0.1) is 0 Å². The van der Waals surface area contributed by atoms with Gasteiger partial charge in [0.2, 0.25) is 0 Å². The Bertz CT molecular complexity index is 489. The lowest BCUT2D eigenvalue weighted by atomic mass is 10.2. The zero-order chi connectivity index (χ0) is 11.5. The summed E-state index contributed by atoms with van der Waals surface area (Å²) in [7, 11) is 0. The molecule has 5 heteroatoms. The molecule has 0 unspecified atom stereocenters. The van der Waals surface area contributed by atoms with Crippen molar-refractivity contribution in [3.63, 3.8) is 0 Å². The molecule has 16 heavy (non-hydrogen) atoms. The molecule has 0 atom stereocenters. The highest BCUT2D eigenvalue weighted by Crippen LogP contribution is 2.17. The van der Waals surface area contributed by atoms with Crippen LogP contribution in [0.3, 0.4) is 0 Å². The zero-order valence-electron chi connectivity index (χ0n) is 9.41. The van der Waals surface area contributed by atoms with Crippen molar-refractivity contribution in [1.29, 1.82) is 0 Å². The topological polar surface area (TPSA) is 79.6 Å². The van der Waals surface area contributed by atoms with Crippen LogP contribution in [-0.2, 0) is 6.54 Å². The summed E-state index contributed by atoms with van der Waals surface area (Å²) in [6.45, 7) is 4.62. The van der Waals surface area contributed by atoms with Crippen LogP contribution in [0.25, 0.3) is 0 Å². The van der Waals surface area contributed by atoms with Crippen LogP contribution in [0.4, 0.5) is 11.5 Å². The Labute approximate surface area is 94.1 Å². The first kappa shape index (κ1) is 10.5. The Kier molecular flexibility index (Phi) is 2.76. The summed E-state index contributed by atoms with van der Waals surface area (Å²) in [5.74, 6) is 0.714. The van der Waals surface area contributed by atoms with Crippen molar-refractivity contribution in [2.75, 3.05) is 11.1 Å². The normalized spacial score (nSPS) is 10.4. The number of nitrogens with two attached hydrogens (primary N) is 1. The molecule has 4 N–H and O–H groups in total. The second-order valence-corrected chi connectivity index (χ2v) is 3.82. The number of rotatable bonds is 3. The quantitative estimate of drug-likeness (QED) is 0.729. The molecule has 0 fully saturated rings. The van der Waals surface area contributed by atoms with E-state index < -0.39 is 0 Å². The summed E-state index contributed by atoms with van der Waals surface area (Å²) in [5, 5.41) is 10.0. The van der Waals surface area contributed by atoms with Crippen molar-refractivity contribution >= 4 is 11.5 Å². The Morgan fingerprint density at radius 1 is 1.38 bits per heavy atom. The fourth-order valence-electron chi connectivity index (χ4n) is 1.47. The standard InChI is InChI=1S/C11H15N5/c1-7-3-10(12)11(13-4-7)14-5-9-6-15-16-8(9)2/h3-4,6H,5,12H2,1-2H3,(H,13,14)(H,15,16). The van der Waals surface area contributed by atoms with E-state index in [0.717, 1.165) is 16.8 Å². The van der Waals surface area contributed by atoms with Crippen LogP contribution in [0.1, 0.15) is 16.8 Å². The van der Waals surface area contributed by atoms with Gasteiger partial charge in [-0.25, -0.2) is 4.98 Å². The van der Waals surface area contributed by atoms with E-state index in [-0.39, 0.29) is 0 Å². The first-order valence-electron chi connectivity index (χ1n) is 5.11. The van der Waals surface area contributed by atoms with Gasteiger partial charge in [-0.1, -0.05) is 0 Å². The summed E-state index contributed by atoms with van der Waals surface area (Å²) in [6.07, 6.45) is 3.59. The number of anilines is 2. The largest absolute Gasteiger partial charge is 0.396 e. The lowest BCUT2D eigenvalue weighted by Gasteiger charge is -2.08. The molecule has 84 valence electrons. The molecule has 0 aliphatic rings. The summed E-state index contributed by atoms with van der Waals surface area (Å²) < 4.78 is 0. The van der Waals surface area contributed by atoms with Crippen LogP contribution in [0, 0.1) is 13.8 Å². The van der Waals surface area contributed by atoms with Gasteiger partial charge in [0.05, 0.1) is 11.9 Å². The third kappa shape index (κ3) is 2.13. The average Bonchev–Trinajstić information content (AvgIpc) is 2.63. The van der Waals surface area contributed by atoms with Crippen molar-refractivity contribution in [2.45, 2.75) is 20.4 Å². The summed E-state index contributed by atoms with van der Waals surface area (Å²) in [5.41, 5.74) is 9.74. The number of hydrogen-bond donors (Lipinski definition) is 3. The van der Waals surface area contributed by atoms with Crippen molar-refractivity contribution in [1.82, 2.24) is 15.2 Å². The minimum absolute atomic E-state index is 0.668. The average molecular weight is 217 g/mol. The van der Waals surface area contributed by atoms with Crippen LogP contribution < -0.4 is 11.1 Å². The smallest absolute Gasteiger partial charge is 0.149 e. The predicted octanol–water partition coefficient (Wildman–Crippen LogP) is 1.62. The molecule has 0 amide bonds. The van der Waals surface area contributed by atoms with Gasteiger partial charge >= 0.3 is 0 Å². The van der Waals surface area contributed by atoms with Crippen LogP contribution in [-0.4, -0.2) is 15.2 Å². The van der Waals surface area contributed by atoms with Crippen LogP contribution in [0.5, 0.6) is 0 Å². The molecule has 2 aromatic rings. The highest BCUT2D eigenvalue weighted by atomic mass is 15.1. The van der Waals surface area contributed by atoms with E-state index >= 15 is 0 Å². The van der Waals surface area contributed by atoms with Crippen molar-refractivity contribution in [2.24, 2.45) is 0 Å². The number of H-pyrrole nitrogens is 1. The van der Waals surface area contributed by atoms with Crippen LogP contribution in [0.2, 0.25) is 0 Å². The molecule has 0 bridgehead atoms. The Hall–Kier alpha value is -2.04. The number of nitrogen functional groups attached to an aromatic ring is 1. The maximum absolute atomic E-state index is 5.85. The van der Waals surface area contributed by atoms with E-state index in [1.807, 2.05) is 19.9 Å². The minimum atomic E-state index is 0.668. The van der Waals surface area contributed by atoms with E-state index in [9.17, 15) is 0 Å². The molecular formula is C11H15N5. The highest BCUT2D eigenvalue weighted by molar-refractivity contribution is 5.61. The molecule has 0 saturated heterocycles. The van der Waals surface area contributed by atoms with E-state index in [4.69, 9.17) is 5.73 Å². The highest BCUT2D eigenvalue weighted by Gasteiger charge is 2.03. The maximum Gasteiger partial charge on any atom is 0.149 e. The molecule has 0 spiro atoms. The number of aryl methyl sites for hydroxylation is 2. The maximum atomic E-state index is 5.85. The summed E-state index contributed by atoms with van der Waals surface area (Å²) in [6, 6.07) is 1.90. The van der Waals surface area contributed by atoms with Crippen LogP contribution in [0.15, 0.2) is 18.5 Å². The van der Waals surface area contributed by atoms with Gasteiger partial charge in [-0.3, -0.25) is 5.10 Å². The first-order chi connectivity index (χ1) is 7.66. The Morgan fingerprint density at radius 3 is 2.81 bits per heavy atom. The Morgan fingerprint density at radius 2 is 2.19 bits per heavy atom. The molecule has 0 aliphatic heterocycles. The number of aromatic amines is 1. The van der Waals surface area contributed by atoms with E-state index in [1.54, 1.807) is 12.4 Å². The second-order valence-electron chi connectivity index (χ2n) is 3.82. The van der Waals surface area contributed by atoms with Gasteiger partial charge in [0, 0.05) is 24.0 Å². The number of hydrogen-bond acceptors (Lipinski definition) is 4. The number of pyridine rings is 1. The zero-order valence-corrected chi connectivity index (χ0v) is 9.41. The molecule has 0 saturated carbocycles. The van der Waals surface area contributed by atoms with Crippen molar-refractivity contribution < 1.29 is 0 Å². The van der Waals surface area contributed by atoms with Crippen LogP contribution >= 0.6 is 0 Å². The van der Waals surface area contributed by atoms with Gasteiger partial charge in [-0.05, 0) is 25.5 Å². The third-order valence-electron chi connectivity index (χ3n) is 2.43. The lowest BCUT2D eigenvalue weighted by molar-refractivity contribution is 1.04. The molecule has 0 radical (unpaired) electrons. The first-order valence-corrected chi connectivity index (χ1v) is 5.11. The van der Waals surface area contributed by atoms with Crippen molar-refractivity contribution in [3.05, 3.63) is 35.3 Å². The van der Waals surface area contributed by atoms with E-state index in [0.29, 0.717) is 18.1 Å². The monoisotopic (exact) mass is 217 g/mol. The number of nitrogens with zero attached hydrogens (tertiary/aromatic N) is 2. The molecule has 2 aromatic heterocycles. The van der Waals surface area contributed by atoms with Gasteiger partial charge < -0.3 is 11.1 Å². The fraction of sp³-hybridized carbons (Fsp3) is 0.273. The molecule has 2 heterocycles. The van der Waals surface area contributed by atoms with Gasteiger partial charge in [-0.2, -0.15) is 5.10 Å². The second kappa shape index (κ2) is 4.22.